The first kappa shape index (κ1) is 18.6. The van der Waals surface area contributed by atoms with Crippen molar-refractivity contribution in [2.75, 3.05) is 20.2 Å². The Morgan fingerprint density at radius 1 is 1.40 bits per heavy atom. The van der Waals surface area contributed by atoms with Crippen molar-refractivity contribution in [2.45, 2.75) is 50.2 Å². The number of hydrogen-bond acceptors (Lipinski definition) is 3. The Morgan fingerprint density at radius 2 is 2.20 bits per heavy atom. The summed E-state index contributed by atoms with van der Waals surface area (Å²) in [6, 6.07) is 7.62. The third-order valence-electron chi connectivity index (χ3n) is 5.36. The van der Waals surface area contributed by atoms with E-state index in [1.165, 1.54) is 0 Å². The largest absolute Gasteiger partial charge is 0.376 e. The highest BCUT2D eigenvalue weighted by Gasteiger charge is 2.47. The van der Waals surface area contributed by atoms with Gasteiger partial charge in [0.2, 0.25) is 0 Å². The number of likely N-dealkylation sites (N-methyl/N-ethyl adjacent to an activating group) is 1. The van der Waals surface area contributed by atoms with E-state index in [-0.39, 0.29) is 11.9 Å². The average molecular weight is 381 g/mol. The van der Waals surface area contributed by atoms with Crippen LogP contribution in [0.5, 0.6) is 0 Å². The first-order chi connectivity index (χ1) is 12.1. The number of thiocarbonyl (C=S) groups is 1. The molecule has 25 heavy (non-hydrogen) atoms. The van der Waals surface area contributed by atoms with Crippen LogP contribution in [0.2, 0.25) is 5.02 Å². The summed E-state index contributed by atoms with van der Waals surface area (Å²) in [6.07, 6.45) is 5.54. The van der Waals surface area contributed by atoms with Crippen molar-refractivity contribution in [3.8, 4) is 0 Å². The van der Waals surface area contributed by atoms with Gasteiger partial charge >= 0.3 is 0 Å². The molecule has 0 unspecified atom stereocenters. The predicted molar refractivity (Wildman–Crippen MR) is 104 cm³/mol. The van der Waals surface area contributed by atoms with Gasteiger partial charge in [-0.05, 0) is 50.4 Å². The molecule has 0 radical (unpaired) electrons. The number of halogens is 1. The number of Topliss-reactive ketones (excluding diaryl/α,β-unsaturated/α-hetero) is 1. The van der Waals surface area contributed by atoms with Crippen LogP contribution in [0.1, 0.15) is 44.1 Å². The minimum absolute atomic E-state index is 0.190. The summed E-state index contributed by atoms with van der Waals surface area (Å²) in [5.41, 5.74) is 0.0714. The number of nitrogens with one attached hydrogen (secondary N) is 1. The number of benzene rings is 1. The van der Waals surface area contributed by atoms with Gasteiger partial charge in [-0.1, -0.05) is 29.8 Å². The van der Waals surface area contributed by atoms with Crippen molar-refractivity contribution in [1.29, 1.82) is 0 Å². The van der Waals surface area contributed by atoms with Crippen LogP contribution < -0.4 is 5.32 Å². The monoisotopic (exact) mass is 380 g/mol. The second-order valence-corrected chi connectivity index (χ2v) is 7.64. The van der Waals surface area contributed by atoms with Crippen LogP contribution in [0.4, 0.5) is 0 Å². The molecule has 1 saturated heterocycles. The third-order valence-corrected chi connectivity index (χ3v) is 6.10. The van der Waals surface area contributed by atoms with E-state index in [9.17, 15) is 4.79 Å². The molecule has 1 aliphatic heterocycles. The molecular weight excluding hydrogens is 356 g/mol. The van der Waals surface area contributed by atoms with E-state index in [0.29, 0.717) is 23.1 Å². The summed E-state index contributed by atoms with van der Waals surface area (Å²) in [4.78, 5) is 15.0. The number of ether oxygens (including phenoxy) is 1. The van der Waals surface area contributed by atoms with Gasteiger partial charge in [-0.3, -0.25) is 4.79 Å². The van der Waals surface area contributed by atoms with E-state index in [0.717, 1.165) is 44.3 Å². The van der Waals surface area contributed by atoms with Crippen LogP contribution in [0.3, 0.4) is 0 Å². The summed E-state index contributed by atoms with van der Waals surface area (Å²) in [5.74, 6) is 0.190. The first-order valence-electron chi connectivity index (χ1n) is 8.97. The maximum atomic E-state index is 13.1. The Balaban J connectivity index is 1.85. The number of carbonyl (C=O) groups is 1. The number of carbonyl (C=O) groups excluding carboxylic acids is 1. The van der Waals surface area contributed by atoms with Gasteiger partial charge in [-0.2, -0.15) is 0 Å². The van der Waals surface area contributed by atoms with Crippen LogP contribution in [-0.2, 0) is 15.1 Å². The predicted octanol–water partition coefficient (Wildman–Crippen LogP) is 3.66. The van der Waals surface area contributed by atoms with Crippen molar-refractivity contribution in [3.05, 3.63) is 34.9 Å². The molecule has 6 heteroatoms. The summed E-state index contributed by atoms with van der Waals surface area (Å²) < 4.78 is 5.65. The fraction of sp³-hybridized carbons (Fsp3) is 0.579. The molecular formula is C19H25ClN2O2S. The van der Waals surface area contributed by atoms with Crippen molar-refractivity contribution >= 4 is 34.7 Å². The first-order valence-corrected chi connectivity index (χ1v) is 9.76. The van der Waals surface area contributed by atoms with Gasteiger partial charge in [-0.15, -0.1) is 0 Å². The fourth-order valence-corrected chi connectivity index (χ4v) is 4.46. The van der Waals surface area contributed by atoms with Crippen molar-refractivity contribution < 1.29 is 9.53 Å². The fourth-order valence-electron chi connectivity index (χ4n) is 3.93. The van der Waals surface area contributed by atoms with Gasteiger partial charge in [0.25, 0.3) is 0 Å². The summed E-state index contributed by atoms with van der Waals surface area (Å²) >= 11 is 12.1. The molecule has 1 heterocycles. The zero-order valence-corrected chi connectivity index (χ0v) is 16.2. The lowest BCUT2D eigenvalue weighted by molar-refractivity contribution is -0.131. The Labute approximate surface area is 159 Å². The Kier molecular flexibility index (Phi) is 5.97. The van der Waals surface area contributed by atoms with E-state index < -0.39 is 5.54 Å². The topological polar surface area (TPSA) is 41.6 Å². The van der Waals surface area contributed by atoms with Gasteiger partial charge in [0.15, 0.2) is 10.9 Å². The Bertz CT molecular complexity index is 648. The van der Waals surface area contributed by atoms with E-state index >= 15 is 0 Å². The quantitative estimate of drug-likeness (QED) is 0.807. The normalized spacial score (nSPS) is 26.5. The summed E-state index contributed by atoms with van der Waals surface area (Å²) in [7, 11) is 1.90. The van der Waals surface area contributed by atoms with Gasteiger partial charge < -0.3 is 15.0 Å². The lowest BCUT2D eigenvalue weighted by Crippen LogP contribution is -2.57. The Hall–Kier alpha value is -1.17. The Morgan fingerprint density at radius 3 is 2.88 bits per heavy atom. The molecule has 1 aromatic carbocycles. The molecule has 1 saturated carbocycles. The minimum atomic E-state index is -0.781. The van der Waals surface area contributed by atoms with Crippen LogP contribution in [0.15, 0.2) is 24.3 Å². The molecule has 1 aromatic rings. The van der Waals surface area contributed by atoms with Crippen molar-refractivity contribution in [3.63, 3.8) is 0 Å². The molecule has 0 amide bonds. The number of hydrogen-bond donors (Lipinski definition) is 1. The van der Waals surface area contributed by atoms with E-state index in [1.807, 2.05) is 36.2 Å². The van der Waals surface area contributed by atoms with Gasteiger partial charge in [0.05, 0.1) is 6.10 Å². The smallest absolute Gasteiger partial charge is 0.169 e. The molecule has 0 spiro atoms. The molecule has 3 rings (SSSR count). The standard InChI is InChI=1S/C19H25ClN2O2S/c1-22(18(25)21-13-14-7-6-12-24-14)19(11-5-4-10-17(19)23)15-8-2-3-9-16(15)20/h2-3,8-9,14H,4-7,10-13H2,1H3,(H,21,25)/t14-,19+/m1/s1. The maximum Gasteiger partial charge on any atom is 0.169 e. The average Bonchev–Trinajstić information content (AvgIpc) is 3.14. The molecule has 0 aromatic heterocycles. The van der Waals surface area contributed by atoms with E-state index in [4.69, 9.17) is 28.6 Å². The zero-order chi connectivity index (χ0) is 17.9. The number of nitrogens with zero attached hydrogens (tertiary/aromatic N) is 1. The van der Waals surface area contributed by atoms with Crippen LogP contribution in [-0.4, -0.2) is 42.1 Å². The molecule has 4 nitrogen and oxygen atoms in total. The highest BCUT2D eigenvalue weighted by molar-refractivity contribution is 7.80. The lowest BCUT2D eigenvalue weighted by atomic mass is 9.74. The van der Waals surface area contributed by atoms with Gasteiger partial charge in [-0.25, -0.2) is 0 Å². The molecule has 0 bridgehead atoms. The van der Waals surface area contributed by atoms with E-state index in [1.54, 1.807) is 0 Å². The molecule has 136 valence electrons. The third kappa shape index (κ3) is 3.69. The highest BCUT2D eigenvalue weighted by atomic mass is 35.5. The molecule has 1 aliphatic carbocycles. The summed E-state index contributed by atoms with van der Waals surface area (Å²) in [5, 5.41) is 4.49. The highest BCUT2D eigenvalue weighted by Crippen LogP contribution is 2.42. The zero-order valence-electron chi connectivity index (χ0n) is 14.6. The molecule has 2 atom stereocenters. The summed E-state index contributed by atoms with van der Waals surface area (Å²) in [6.45, 7) is 1.49. The second kappa shape index (κ2) is 8.02. The van der Waals surface area contributed by atoms with Gasteiger partial charge in [0.1, 0.15) is 5.54 Å². The number of rotatable bonds is 4. The maximum absolute atomic E-state index is 13.1. The second-order valence-electron chi connectivity index (χ2n) is 6.85. The lowest BCUT2D eigenvalue weighted by Gasteiger charge is -2.45. The van der Waals surface area contributed by atoms with E-state index in [2.05, 4.69) is 5.32 Å². The van der Waals surface area contributed by atoms with Crippen LogP contribution in [0.25, 0.3) is 0 Å². The van der Waals surface area contributed by atoms with Crippen molar-refractivity contribution in [2.24, 2.45) is 0 Å². The van der Waals surface area contributed by atoms with Gasteiger partial charge in [0, 0.05) is 37.2 Å². The molecule has 1 N–H and O–H groups in total. The molecule has 2 aliphatic rings. The van der Waals surface area contributed by atoms with Crippen molar-refractivity contribution in [1.82, 2.24) is 10.2 Å². The molecule has 2 fully saturated rings. The number of ketones is 1. The SMILES string of the molecule is CN(C(=S)NC[C@H]1CCCO1)[C@]1(c2ccccc2Cl)CCCCC1=O. The minimum Gasteiger partial charge on any atom is -0.376 e. The van der Waals surface area contributed by atoms with Crippen LogP contribution >= 0.6 is 23.8 Å². The van der Waals surface area contributed by atoms with Crippen LogP contribution in [0, 0.1) is 0 Å².